The molecule has 1 aromatic rings. The highest BCUT2D eigenvalue weighted by Crippen LogP contribution is 2.18. The first-order valence-electron chi connectivity index (χ1n) is 3.31. The van der Waals surface area contributed by atoms with Crippen molar-refractivity contribution in [2.75, 3.05) is 7.11 Å². The minimum Gasteiger partial charge on any atom is -0.442 e. The maximum absolute atomic E-state index is 5.72. The fourth-order valence-corrected chi connectivity index (χ4v) is 0.816. The molecular formula is C7H10ClNO2. The molecule has 0 saturated carbocycles. The van der Waals surface area contributed by atoms with Crippen LogP contribution < -0.4 is 0 Å². The molecule has 0 aromatic carbocycles. The standard InChI is InChI=1S/C7H10ClNO2/c1-5(8)7-9-3-6(11-7)4-10-2/h3,5H,4H2,1-2H3. The lowest BCUT2D eigenvalue weighted by molar-refractivity contribution is 0.162. The monoisotopic (exact) mass is 175 g/mol. The van der Waals surface area contributed by atoms with Crippen LogP contribution >= 0.6 is 11.6 Å². The van der Waals surface area contributed by atoms with Crippen LogP contribution in [0.2, 0.25) is 0 Å². The Hall–Kier alpha value is -0.540. The number of alkyl halides is 1. The molecule has 62 valence electrons. The van der Waals surface area contributed by atoms with Gasteiger partial charge in [-0.3, -0.25) is 0 Å². The van der Waals surface area contributed by atoms with Gasteiger partial charge in [-0.1, -0.05) is 0 Å². The van der Waals surface area contributed by atoms with Crippen molar-refractivity contribution >= 4 is 11.6 Å². The SMILES string of the molecule is COCc1cnc(C(C)Cl)o1. The summed E-state index contributed by atoms with van der Waals surface area (Å²) in [5.74, 6) is 1.24. The third-order valence-corrected chi connectivity index (χ3v) is 1.39. The molecule has 0 bridgehead atoms. The van der Waals surface area contributed by atoms with Crippen LogP contribution in [0.1, 0.15) is 24.0 Å². The average molecular weight is 176 g/mol. The van der Waals surface area contributed by atoms with Crippen LogP contribution in [-0.4, -0.2) is 12.1 Å². The Kier molecular flexibility index (Phi) is 2.91. The van der Waals surface area contributed by atoms with Gasteiger partial charge in [0.2, 0.25) is 5.89 Å². The smallest absolute Gasteiger partial charge is 0.212 e. The minimum absolute atomic E-state index is 0.180. The van der Waals surface area contributed by atoms with Gasteiger partial charge in [-0.05, 0) is 6.92 Å². The second-order valence-electron chi connectivity index (χ2n) is 2.21. The van der Waals surface area contributed by atoms with E-state index in [4.69, 9.17) is 20.8 Å². The molecule has 0 radical (unpaired) electrons. The highest BCUT2D eigenvalue weighted by atomic mass is 35.5. The van der Waals surface area contributed by atoms with Crippen molar-refractivity contribution in [3.63, 3.8) is 0 Å². The molecule has 0 fully saturated rings. The summed E-state index contributed by atoms with van der Waals surface area (Å²) in [6.45, 7) is 2.25. The Labute approximate surface area is 70.3 Å². The van der Waals surface area contributed by atoms with Gasteiger partial charge in [0.25, 0.3) is 0 Å². The number of rotatable bonds is 3. The number of hydrogen-bond donors (Lipinski definition) is 0. The Morgan fingerprint density at radius 3 is 3.00 bits per heavy atom. The molecule has 0 aliphatic rings. The van der Waals surface area contributed by atoms with Crippen LogP contribution in [0.5, 0.6) is 0 Å². The Balaban J connectivity index is 2.66. The van der Waals surface area contributed by atoms with Crippen LogP contribution in [0.3, 0.4) is 0 Å². The highest BCUT2D eigenvalue weighted by molar-refractivity contribution is 6.20. The van der Waals surface area contributed by atoms with E-state index in [0.29, 0.717) is 18.3 Å². The van der Waals surface area contributed by atoms with Crippen LogP contribution in [-0.2, 0) is 11.3 Å². The van der Waals surface area contributed by atoms with E-state index in [1.165, 1.54) is 0 Å². The number of hydrogen-bond acceptors (Lipinski definition) is 3. The molecule has 11 heavy (non-hydrogen) atoms. The van der Waals surface area contributed by atoms with Crippen molar-refractivity contribution in [1.29, 1.82) is 0 Å². The van der Waals surface area contributed by atoms with Crippen LogP contribution in [0.15, 0.2) is 10.6 Å². The minimum atomic E-state index is -0.180. The van der Waals surface area contributed by atoms with Gasteiger partial charge in [0.05, 0.1) is 6.20 Å². The van der Waals surface area contributed by atoms with Crippen molar-refractivity contribution in [3.05, 3.63) is 17.8 Å². The molecule has 0 N–H and O–H groups in total. The molecule has 0 aliphatic carbocycles. The van der Waals surface area contributed by atoms with Crippen molar-refractivity contribution in [2.24, 2.45) is 0 Å². The fourth-order valence-electron chi connectivity index (χ4n) is 0.716. The molecule has 1 atom stereocenters. The van der Waals surface area contributed by atoms with Gasteiger partial charge < -0.3 is 9.15 Å². The second kappa shape index (κ2) is 3.74. The van der Waals surface area contributed by atoms with Crippen LogP contribution in [0.4, 0.5) is 0 Å². The number of ether oxygens (including phenoxy) is 1. The number of methoxy groups -OCH3 is 1. The summed E-state index contributed by atoms with van der Waals surface area (Å²) in [6.07, 6.45) is 1.62. The Morgan fingerprint density at radius 1 is 1.82 bits per heavy atom. The van der Waals surface area contributed by atoms with Gasteiger partial charge in [-0.15, -0.1) is 11.6 Å². The van der Waals surface area contributed by atoms with E-state index in [-0.39, 0.29) is 5.38 Å². The third-order valence-electron chi connectivity index (χ3n) is 1.20. The summed E-state index contributed by atoms with van der Waals surface area (Å²) in [4.78, 5) is 3.96. The van der Waals surface area contributed by atoms with Gasteiger partial charge in [-0.25, -0.2) is 4.98 Å². The summed E-state index contributed by atoms with van der Waals surface area (Å²) in [6, 6.07) is 0. The molecule has 0 spiro atoms. The summed E-state index contributed by atoms with van der Waals surface area (Å²) >= 11 is 5.72. The van der Waals surface area contributed by atoms with E-state index in [9.17, 15) is 0 Å². The van der Waals surface area contributed by atoms with Crippen molar-refractivity contribution in [2.45, 2.75) is 18.9 Å². The van der Waals surface area contributed by atoms with Gasteiger partial charge in [0.1, 0.15) is 17.7 Å². The van der Waals surface area contributed by atoms with Gasteiger partial charge in [0, 0.05) is 7.11 Å². The van der Waals surface area contributed by atoms with E-state index >= 15 is 0 Å². The van der Waals surface area contributed by atoms with Gasteiger partial charge in [0.15, 0.2) is 0 Å². The second-order valence-corrected chi connectivity index (χ2v) is 2.87. The zero-order valence-electron chi connectivity index (χ0n) is 6.50. The normalized spacial score (nSPS) is 13.4. The topological polar surface area (TPSA) is 35.3 Å². The highest BCUT2D eigenvalue weighted by Gasteiger charge is 2.08. The number of nitrogens with zero attached hydrogens (tertiary/aromatic N) is 1. The maximum Gasteiger partial charge on any atom is 0.212 e. The molecule has 0 saturated heterocycles. The van der Waals surface area contributed by atoms with Gasteiger partial charge >= 0.3 is 0 Å². The van der Waals surface area contributed by atoms with E-state index in [2.05, 4.69) is 4.98 Å². The largest absolute Gasteiger partial charge is 0.442 e. The summed E-state index contributed by atoms with van der Waals surface area (Å²) in [7, 11) is 1.60. The lowest BCUT2D eigenvalue weighted by Gasteiger charge is -1.94. The van der Waals surface area contributed by atoms with Crippen molar-refractivity contribution in [1.82, 2.24) is 4.98 Å². The maximum atomic E-state index is 5.72. The predicted molar refractivity (Wildman–Crippen MR) is 41.5 cm³/mol. The number of aromatic nitrogens is 1. The molecule has 1 rings (SSSR count). The lowest BCUT2D eigenvalue weighted by atomic mass is 10.5. The molecule has 0 amide bonds. The summed E-state index contributed by atoms with van der Waals surface area (Å²) in [5.41, 5.74) is 0. The van der Waals surface area contributed by atoms with Crippen LogP contribution in [0.25, 0.3) is 0 Å². The number of halogens is 1. The molecule has 1 aromatic heterocycles. The van der Waals surface area contributed by atoms with E-state index in [1.54, 1.807) is 13.3 Å². The molecule has 4 heteroatoms. The zero-order chi connectivity index (χ0) is 8.27. The van der Waals surface area contributed by atoms with E-state index in [0.717, 1.165) is 0 Å². The first-order chi connectivity index (χ1) is 5.24. The number of oxazole rings is 1. The molecule has 1 unspecified atom stereocenters. The van der Waals surface area contributed by atoms with Crippen LogP contribution in [0, 0.1) is 0 Å². The lowest BCUT2D eigenvalue weighted by Crippen LogP contribution is -1.83. The van der Waals surface area contributed by atoms with E-state index < -0.39 is 0 Å². The first-order valence-corrected chi connectivity index (χ1v) is 3.75. The summed E-state index contributed by atoms with van der Waals surface area (Å²) in [5, 5.41) is -0.180. The molecular weight excluding hydrogens is 166 g/mol. The molecule has 0 aliphatic heterocycles. The van der Waals surface area contributed by atoms with E-state index in [1.807, 2.05) is 6.92 Å². The van der Waals surface area contributed by atoms with Crippen molar-refractivity contribution in [3.8, 4) is 0 Å². The zero-order valence-corrected chi connectivity index (χ0v) is 7.26. The Morgan fingerprint density at radius 2 is 2.55 bits per heavy atom. The quantitative estimate of drug-likeness (QED) is 0.661. The first kappa shape index (κ1) is 8.56. The van der Waals surface area contributed by atoms with Gasteiger partial charge in [-0.2, -0.15) is 0 Å². The summed E-state index contributed by atoms with van der Waals surface area (Å²) < 4.78 is 10.1. The molecule has 3 nitrogen and oxygen atoms in total. The molecule has 1 heterocycles. The fraction of sp³-hybridized carbons (Fsp3) is 0.571. The van der Waals surface area contributed by atoms with Crippen molar-refractivity contribution < 1.29 is 9.15 Å². The average Bonchev–Trinajstić information content (AvgIpc) is 2.37. The Bertz CT molecular complexity index is 222. The predicted octanol–water partition coefficient (Wildman–Crippen LogP) is 2.12. The third kappa shape index (κ3) is 2.20.